The number of hydrogen-bond acceptors (Lipinski definition) is 7. The Bertz CT molecular complexity index is 1710. The van der Waals surface area contributed by atoms with E-state index in [1.165, 1.54) is 6.08 Å². The van der Waals surface area contributed by atoms with E-state index in [-0.39, 0.29) is 27.7 Å². The molecule has 0 spiro atoms. The Morgan fingerprint density at radius 2 is 1.61 bits per heavy atom. The predicted molar refractivity (Wildman–Crippen MR) is 124 cm³/mol. The van der Waals surface area contributed by atoms with Gasteiger partial charge >= 0.3 is 0 Å². The molecule has 1 aliphatic heterocycles. The van der Waals surface area contributed by atoms with E-state index < -0.39 is 35.1 Å². The highest BCUT2D eigenvalue weighted by Crippen LogP contribution is 2.50. The normalized spacial score (nSPS) is 20.2. The number of sulfonamides is 2. The molecule has 33 heavy (non-hydrogen) atoms. The molecule has 2 aliphatic rings. The molecule has 0 N–H and O–H groups in total. The first-order chi connectivity index (χ1) is 15.6. The lowest BCUT2D eigenvalue weighted by atomic mass is 9.93. The minimum atomic E-state index is -4.49. The molecular weight excluding hydrogens is 484 g/mol. The summed E-state index contributed by atoms with van der Waals surface area (Å²) in [5, 5.41) is 8.78. The molecule has 0 fully saturated rings. The number of hydrogen-bond donors (Lipinski definition) is 0. The second kappa shape index (κ2) is 7.15. The van der Waals surface area contributed by atoms with E-state index in [1.54, 1.807) is 42.5 Å². The fourth-order valence-electron chi connectivity index (χ4n) is 4.29. The van der Waals surface area contributed by atoms with Crippen LogP contribution in [0.3, 0.4) is 0 Å². The Balaban J connectivity index is 1.68. The summed E-state index contributed by atoms with van der Waals surface area (Å²) in [5.41, 5.74) is 0.730. The van der Waals surface area contributed by atoms with Gasteiger partial charge in [0, 0.05) is 12.0 Å². The Kier molecular flexibility index (Phi) is 4.69. The number of fused-ring (bicyclic) bond motifs is 3. The van der Waals surface area contributed by atoms with Crippen LogP contribution in [0.5, 0.6) is 0 Å². The first kappa shape index (κ1) is 21.6. The molecule has 1 aliphatic carbocycles. The van der Waals surface area contributed by atoms with Crippen molar-refractivity contribution in [3.63, 3.8) is 0 Å². The Morgan fingerprint density at radius 3 is 2.27 bits per heavy atom. The number of anilines is 1. The molecule has 1 atom stereocenters. The highest BCUT2D eigenvalue weighted by Gasteiger charge is 2.49. The lowest BCUT2D eigenvalue weighted by molar-refractivity contribution is 0.582. The van der Waals surface area contributed by atoms with Crippen LogP contribution in [0, 0.1) is 11.3 Å². The fraction of sp³-hybridized carbons (Fsp3) is 0.136. The second-order valence-corrected chi connectivity index (χ2v) is 13.7. The number of benzene rings is 3. The van der Waals surface area contributed by atoms with Crippen LogP contribution >= 0.6 is 0 Å². The lowest BCUT2D eigenvalue weighted by Gasteiger charge is -2.36. The number of nitrogens with zero attached hydrogens (tertiary/aromatic N) is 2. The molecule has 1 heterocycles. The number of sulfone groups is 1. The minimum Gasteiger partial charge on any atom is -0.224 e. The van der Waals surface area contributed by atoms with Crippen LogP contribution < -0.4 is 3.71 Å². The van der Waals surface area contributed by atoms with Crippen LogP contribution in [-0.4, -0.2) is 31.0 Å². The Morgan fingerprint density at radius 1 is 0.939 bits per heavy atom. The maximum atomic E-state index is 13.6. The van der Waals surface area contributed by atoms with Crippen molar-refractivity contribution in [3.8, 4) is 6.07 Å². The quantitative estimate of drug-likeness (QED) is 0.538. The molecule has 168 valence electrons. The van der Waals surface area contributed by atoms with Crippen molar-refractivity contribution in [2.75, 3.05) is 9.46 Å². The molecular formula is C22H16N2O6S3. The maximum absolute atomic E-state index is 13.6. The average molecular weight is 501 g/mol. The van der Waals surface area contributed by atoms with E-state index in [1.807, 2.05) is 0 Å². The van der Waals surface area contributed by atoms with Crippen molar-refractivity contribution in [2.45, 2.75) is 16.6 Å². The van der Waals surface area contributed by atoms with Crippen LogP contribution in [-0.2, 0) is 29.9 Å². The van der Waals surface area contributed by atoms with E-state index in [2.05, 4.69) is 0 Å². The molecule has 0 radical (unpaired) electrons. The fourth-order valence-corrected chi connectivity index (χ4v) is 9.92. The SMILES string of the molecule is N#CCCS(=O)(=O)c1ccc(N2S(=O)(=O)C3=CC(c4cccc5cccc3c45)S2(=O)=O)cc1. The summed E-state index contributed by atoms with van der Waals surface area (Å²) in [7, 11) is -12.7. The Labute approximate surface area is 191 Å². The first-order valence-electron chi connectivity index (χ1n) is 9.82. The summed E-state index contributed by atoms with van der Waals surface area (Å²) >= 11 is 0. The molecule has 0 saturated carbocycles. The van der Waals surface area contributed by atoms with Crippen LogP contribution in [0.1, 0.15) is 22.8 Å². The van der Waals surface area contributed by atoms with Crippen molar-refractivity contribution in [1.29, 1.82) is 5.26 Å². The standard InChI is InChI=1S/C22H16N2O6S3/c23-12-3-13-31(25,26)17-10-8-16(9-11-17)24-32(27,28)20-14-21(33(24,29)30)19-7-2-5-15-4-1-6-18(20)22(15)19/h1-2,4-11,14,20H,3,13H2. The van der Waals surface area contributed by atoms with Gasteiger partial charge in [-0.05, 0) is 46.7 Å². The summed E-state index contributed by atoms with van der Waals surface area (Å²) in [6, 6.07) is 16.7. The van der Waals surface area contributed by atoms with Gasteiger partial charge in [-0.2, -0.15) is 8.97 Å². The van der Waals surface area contributed by atoms with Crippen LogP contribution in [0.25, 0.3) is 15.7 Å². The van der Waals surface area contributed by atoms with Gasteiger partial charge in [0.1, 0.15) is 5.25 Å². The average Bonchev–Trinajstić information content (AvgIpc) is 2.77. The van der Waals surface area contributed by atoms with Crippen LogP contribution in [0.15, 0.2) is 71.6 Å². The van der Waals surface area contributed by atoms with Gasteiger partial charge in [-0.3, -0.25) is 0 Å². The van der Waals surface area contributed by atoms with Crippen molar-refractivity contribution >= 4 is 51.2 Å². The number of nitriles is 1. The minimum absolute atomic E-state index is 0.0997. The van der Waals surface area contributed by atoms with Crippen LogP contribution in [0.4, 0.5) is 5.69 Å². The van der Waals surface area contributed by atoms with E-state index in [0.717, 1.165) is 29.7 Å². The second-order valence-electron chi connectivity index (χ2n) is 7.67. The van der Waals surface area contributed by atoms with Crippen LogP contribution in [0.2, 0.25) is 0 Å². The van der Waals surface area contributed by atoms with Crippen molar-refractivity contribution < 1.29 is 25.3 Å². The first-order valence-corrected chi connectivity index (χ1v) is 14.4. The van der Waals surface area contributed by atoms with Crippen molar-refractivity contribution in [2.24, 2.45) is 0 Å². The van der Waals surface area contributed by atoms with Gasteiger partial charge < -0.3 is 0 Å². The monoisotopic (exact) mass is 500 g/mol. The summed E-state index contributed by atoms with van der Waals surface area (Å²) in [4.78, 5) is -0.222. The van der Waals surface area contributed by atoms with E-state index >= 15 is 0 Å². The Hall–Kier alpha value is -3.20. The molecule has 3 aromatic carbocycles. The van der Waals surface area contributed by atoms with Gasteiger partial charge in [0.05, 0.1) is 27.3 Å². The largest absolute Gasteiger partial charge is 0.277 e. The number of rotatable bonds is 4. The molecule has 11 heteroatoms. The van der Waals surface area contributed by atoms with Gasteiger partial charge in [0.15, 0.2) is 9.84 Å². The zero-order valence-corrected chi connectivity index (χ0v) is 19.4. The van der Waals surface area contributed by atoms with E-state index in [4.69, 9.17) is 5.26 Å². The summed E-state index contributed by atoms with van der Waals surface area (Å²) in [5.74, 6) is -0.390. The topological polar surface area (TPSA) is 129 Å². The maximum Gasteiger partial charge on any atom is 0.277 e. The molecule has 1 unspecified atom stereocenters. The van der Waals surface area contributed by atoms with Gasteiger partial charge in [0.25, 0.3) is 20.0 Å². The smallest absolute Gasteiger partial charge is 0.224 e. The van der Waals surface area contributed by atoms with Crippen molar-refractivity contribution in [1.82, 2.24) is 0 Å². The van der Waals surface area contributed by atoms with Gasteiger partial charge in [-0.25, -0.2) is 25.3 Å². The molecule has 0 aromatic heterocycles. The highest BCUT2D eigenvalue weighted by molar-refractivity contribution is 8.15. The predicted octanol–water partition coefficient (Wildman–Crippen LogP) is 3.10. The third-order valence-corrected chi connectivity index (χ3v) is 12.0. The summed E-state index contributed by atoms with van der Waals surface area (Å²) in [6.45, 7) is 0. The zero-order chi connectivity index (χ0) is 23.6. The van der Waals surface area contributed by atoms with E-state index in [9.17, 15) is 25.3 Å². The highest BCUT2D eigenvalue weighted by atomic mass is 32.3. The molecule has 0 amide bonds. The third-order valence-electron chi connectivity index (χ3n) is 5.75. The summed E-state index contributed by atoms with van der Waals surface area (Å²) in [6.07, 6.45) is 1.07. The molecule has 2 bridgehead atoms. The van der Waals surface area contributed by atoms with E-state index in [0.29, 0.717) is 20.2 Å². The van der Waals surface area contributed by atoms with Crippen molar-refractivity contribution in [3.05, 3.63) is 77.9 Å². The third kappa shape index (κ3) is 3.09. The molecule has 5 rings (SSSR count). The lowest BCUT2D eigenvalue weighted by Crippen LogP contribution is -2.44. The van der Waals surface area contributed by atoms with Gasteiger partial charge in [-0.15, -0.1) is 0 Å². The van der Waals surface area contributed by atoms with Gasteiger partial charge in [-0.1, -0.05) is 36.4 Å². The molecule has 0 saturated heterocycles. The van der Waals surface area contributed by atoms with Gasteiger partial charge in [0.2, 0.25) is 0 Å². The zero-order valence-electron chi connectivity index (χ0n) is 16.9. The molecule has 3 aromatic rings. The summed E-state index contributed by atoms with van der Waals surface area (Å²) < 4.78 is 79.2. The molecule has 8 nitrogen and oxygen atoms in total.